The number of halogens is 3. The van der Waals surface area contributed by atoms with Crippen LogP contribution < -0.4 is 5.32 Å². The molecule has 2 aromatic carbocycles. The highest BCUT2D eigenvalue weighted by Gasteiger charge is 2.39. The van der Waals surface area contributed by atoms with Crippen molar-refractivity contribution in [3.63, 3.8) is 0 Å². The van der Waals surface area contributed by atoms with Crippen LogP contribution in [0, 0.1) is 0 Å². The molecule has 0 aromatic heterocycles. The number of piperazine rings is 1. The molecule has 1 N–H and O–H groups in total. The third-order valence-corrected chi connectivity index (χ3v) is 7.14. The first kappa shape index (κ1) is 23.2. The van der Waals surface area contributed by atoms with Crippen LogP contribution in [0.2, 0.25) is 0 Å². The minimum absolute atomic E-state index is 0.00996. The maximum atomic E-state index is 13.2. The number of amides is 1. The lowest BCUT2D eigenvalue weighted by Crippen LogP contribution is -2.51. The predicted octanol–water partition coefficient (Wildman–Crippen LogP) is 2.89. The Labute approximate surface area is 179 Å². The van der Waals surface area contributed by atoms with E-state index in [2.05, 4.69) is 5.32 Å². The summed E-state index contributed by atoms with van der Waals surface area (Å²) < 4.78 is 66.4. The quantitative estimate of drug-likeness (QED) is 0.727. The summed E-state index contributed by atoms with van der Waals surface area (Å²) in [6.45, 7) is 2.48. The van der Waals surface area contributed by atoms with Crippen LogP contribution in [-0.4, -0.2) is 56.3 Å². The van der Waals surface area contributed by atoms with E-state index in [1.807, 2.05) is 37.3 Å². The highest BCUT2D eigenvalue weighted by Crippen LogP contribution is 2.35. The molecule has 1 atom stereocenters. The largest absolute Gasteiger partial charge is 0.417 e. The summed E-state index contributed by atoms with van der Waals surface area (Å²) in [7, 11) is -4.30. The van der Waals surface area contributed by atoms with Crippen molar-refractivity contribution in [2.75, 3.05) is 32.7 Å². The van der Waals surface area contributed by atoms with Gasteiger partial charge in [0.1, 0.15) is 0 Å². The summed E-state index contributed by atoms with van der Waals surface area (Å²) in [6, 6.07) is 13.5. The van der Waals surface area contributed by atoms with E-state index in [-0.39, 0.29) is 44.7 Å². The van der Waals surface area contributed by atoms with Crippen molar-refractivity contribution < 1.29 is 26.4 Å². The molecule has 6 nitrogen and oxygen atoms in total. The molecule has 10 heteroatoms. The first-order valence-electron chi connectivity index (χ1n) is 9.82. The van der Waals surface area contributed by atoms with Crippen molar-refractivity contribution in [3.05, 3.63) is 65.7 Å². The number of nitrogens with zero attached hydrogens (tertiary/aromatic N) is 2. The molecule has 1 aliphatic heterocycles. The third kappa shape index (κ3) is 5.63. The Balaban J connectivity index is 1.59. The average molecular weight is 456 g/mol. The fraction of sp³-hybridized carbons (Fsp3) is 0.381. The average Bonchev–Trinajstić information content (AvgIpc) is 2.74. The lowest BCUT2D eigenvalue weighted by Gasteiger charge is -2.34. The number of rotatable bonds is 6. The Bertz CT molecular complexity index is 1010. The van der Waals surface area contributed by atoms with Gasteiger partial charge in [0, 0.05) is 26.2 Å². The van der Waals surface area contributed by atoms with E-state index in [9.17, 15) is 26.4 Å². The molecule has 0 aliphatic carbocycles. The van der Waals surface area contributed by atoms with Crippen molar-refractivity contribution in [1.82, 2.24) is 14.5 Å². The maximum absolute atomic E-state index is 13.2. The molecule has 0 unspecified atom stereocenters. The number of hydrogen-bond acceptors (Lipinski definition) is 4. The minimum atomic E-state index is -4.76. The molecular weight excluding hydrogens is 431 g/mol. The van der Waals surface area contributed by atoms with Crippen LogP contribution in [-0.2, 0) is 21.0 Å². The number of carbonyl (C=O) groups is 1. The van der Waals surface area contributed by atoms with Crippen molar-refractivity contribution >= 4 is 15.9 Å². The van der Waals surface area contributed by atoms with Crippen LogP contribution in [0.3, 0.4) is 0 Å². The van der Waals surface area contributed by atoms with Gasteiger partial charge in [-0.1, -0.05) is 42.5 Å². The fourth-order valence-corrected chi connectivity index (χ4v) is 5.14. The third-order valence-electron chi connectivity index (χ3n) is 5.19. The molecule has 1 heterocycles. The Hall–Kier alpha value is -2.43. The molecule has 168 valence electrons. The second kappa shape index (κ2) is 9.37. The van der Waals surface area contributed by atoms with Gasteiger partial charge in [-0.25, -0.2) is 8.42 Å². The molecule has 31 heavy (non-hydrogen) atoms. The van der Waals surface area contributed by atoms with Gasteiger partial charge < -0.3 is 5.32 Å². The van der Waals surface area contributed by atoms with Crippen LogP contribution in [0.25, 0.3) is 0 Å². The van der Waals surface area contributed by atoms with Crippen LogP contribution in [0.1, 0.15) is 24.1 Å². The predicted molar refractivity (Wildman–Crippen MR) is 110 cm³/mol. The first-order chi connectivity index (χ1) is 14.6. The molecule has 1 amide bonds. The molecule has 1 fully saturated rings. The number of benzene rings is 2. The molecular formula is C21H24F3N3O3S. The number of sulfonamides is 1. The van der Waals surface area contributed by atoms with Crippen molar-refractivity contribution in [2.45, 2.75) is 24.0 Å². The standard InChI is InChI=1S/C21H24F3N3O3S/c1-16(17-7-3-2-4-8-17)25-20(28)15-26-11-13-27(14-12-26)31(29,30)19-10-6-5-9-18(19)21(22,23)24/h2-10,16H,11-15H2,1H3,(H,25,28)/t16-/m1/s1. The smallest absolute Gasteiger partial charge is 0.348 e. The monoisotopic (exact) mass is 455 g/mol. The molecule has 0 bridgehead atoms. The zero-order valence-corrected chi connectivity index (χ0v) is 17.8. The second-order valence-corrected chi connectivity index (χ2v) is 9.28. The lowest BCUT2D eigenvalue weighted by atomic mass is 10.1. The van der Waals surface area contributed by atoms with Gasteiger partial charge in [-0.3, -0.25) is 9.69 Å². The van der Waals surface area contributed by atoms with Crippen LogP contribution in [0.5, 0.6) is 0 Å². The molecule has 0 radical (unpaired) electrons. The number of nitrogens with one attached hydrogen (secondary N) is 1. The number of alkyl halides is 3. The van der Waals surface area contributed by atoms with Gasteiger partial charge in [-0.15, -0.1) is 0 Å². The van der Waals surface area contributed by atoms with Gasteiger partial charge in [-0.2, -0.15) is 17.5 Å². The Morgan fingerprint density at radius 2 is 1.58 bits per heavy atom. The molecule has 3 rings (SSSR count). The van der Waals surface area contributed by atoms with E-state index in [1.54, 1.807) is 4.90 Å². The summed E-state index contributed by atoms with van der Waals surface area (Å²) in [4.78, 5) is 13.4. The van der Waals surface area contributed by atoms with Crippen LogP contribution in [0.15, 0.2) is 59.5 Å². The Morgan fingerprint density at radius 1 is 1.00 bits per heavy atom. The van der Waals surface area contributed by atoms with Gasteiger partial charge in [-0.05, 0) is 24.6 Å². The van der Waals surface area contributed by atoms with Gasteiger partial charge in [0.25, 0.3) is 0 Å². The lowest BCUT2D eigenvalue weighted by molar-refractivity contribution is -0.140. The molecule has 1 saturated heterocycles. The SMILES string of the molecule is C[C@@H](NC(=O)CN1CCN(S(=O)(=O)c2ccccc2C(F)(F)F)CC1)c1ccccc1. The van der Waals surface area contributed by atoms with Gasteiger partial charge in [0.15, 0.2) is 0 Å². The summed E-state index contributed by atoms with van der Waals surface area (Å²) in [5.74, 6) is -0.199. The van der Waals surface area contributed by atoms with E-state index in [0.717, 1.165) is 28.1 Å². The topological polar surface area (TPSA) is 69.7 Å². The van der Waals surface area contributed by atoms with E-state index in [4.69, 9.17) is 0 Å². The normalized spacial score (nSPS) is 17.3. The van der Waals surface area contributed by atoms with E-state index >= 15 is 0 Å². The summed E-state index contributed by atoms with van der Waals surface area (Å²) >= 11 is 0. The van der Waals surface area contributed by atoms with E-state index < -0.39 is 26.7 Å². The Morgan fingerprint density at radius 3 is 2.19 bits per heavy atom. The van der Waals surface area contributed by atoms with Gasteiger partial charge in [0.2, 0.25) is 15.9 Å². The first-order valence-corrected chi connectivity index (χ1v) is 11.3. The van der Waals surface area contributed by atoms with Crippen molar-refractivity contribution in [1.29, 1.82) is 0 Å². The number of carbonyl (C=O) groups excluding carboxylic acids is 1. The fourth-order valence-electron chi connectivity index (χ4n) is 3.51. The van der Waals surface area contributed by atoms with Gasteiger partial charge in [0.05, 0.1) is 23.0 Å². The molecule has 0 spiro atoms. The molecule has 1 aliphatic rings. The molecule has 0 saturated carbocycles. The van der Waals surface area contributed by atoms with Crippen LogP contribution in [0.4, 0.5) is 13.2 Å². The minimum Gasteiger partial charge on any atom is -0.348 e. The highest BCUT2D eigenvalue weighted by atomic mass is 32.2. The zero-order chi connectivity index (χ0) is 22.6. The highest BCUT2D eigenvalue weighted by molar-refractivity contribution is 7.89. The maximum Gasteiger partial charge on any atom is 0.417 e. The number of hydrogen-bond donors (Lipinski definition) is 1. The summed E-state index contributed by atoms with van der Waals surface area (Å²) in [5.41, 5.74) is -0.207. The molecule has 2 aromatic rings. The summed E-state index contributed by atoms with van der Waals surface area (Å²) in [5, 5.41) is 2.90. The summed E-state index contributed by atoms with van der Waals surface area (Å²) in [6.07, 6.45) is -4.76. The van der Waals surface area contributed by atoms with Gasteiger partial charge >= 0.3 is 6.18 Å². The Kier molecular flexibility index (Phi) is 7.03. The van der Waals surface area contributed by atoms with E-state index in [1.165, 1.54) is 6.07 Å². The van der Waals surface area contributed by atoms with Crippen molar-refractivity contribution in [2.24, 2.45) is 0 Å². The zero-order valence-electron chi connectivity index (χ0n) is 17.0. The van der Waals surface area contributed by atoms with Crippen molar-refractivity contribution in [3.8, 4) is 0 Å². The second-order valence-electron chi connectivity index (χ2n) is 7.37. The van der Waals surface area contributed by atoms with E-state index in [0.29, 0.717) is 0 Å². The van der Waals surface area contributed by atoms with Crippen LogP contribution >= 0.6 is 0 Å².